The van der Waals surface area contributed by atoms with Gasteiger partial charge in [-0.15, -0.1) is 0 Å². The van der Waals surface area contributed by atoms with E-state index < -0.39 is 0 Å². The summed E-state index contributed by atoms with van der Waals surface area (Å²) < 4.78 is 18.3. The van der Waals surface area contributed by atoms with Gasteiger partial charge in [0.05, 0.1) is 11.4 Å². The average Bonchev–Trinajstić information content (AvgIpc) is 3.30. The Kier molecular flexibility index (Phi) is 6.84. The Morgan fingerprint density at radius 2 is 1.52 bits per heavy atom. The summed E-state index contributed by atoms with van der Waals surface area (Å²) in [6.45, 7) is 0. The zero-order valence-electron chi connectivity index (χ0n) is 17.6. The van der Waals surface area contributed by atoms with Gasteiger partial charge in [-0.2, -0.15) is 4.98 Å². The van der Waals surface area contributed by atoms with Gasteiger partial charge in [0.25, 0.3) is 5.91 Å². The van der Waals surface area contributed by atoms with Crippen molar-refractivity contribution in [1.82, 2.24) is 10.1 Å². The summed E-state index contributed by atoms with van der Waals surface area (Å²) in [5, 5.41) is 9.56. The predicted molar refractivity (Wildman–Crippen MR) is 122 cm³/mol. The Hall–Kier alpha value is -4.33. The van der Waals surface area contributed by atoms with E-state index in [2.05, 4.69) is 20.8 Å². The molecule has 1 aromatic heterocycles. The highest BCUT2D eigenvalue weighted by Crippen LogP contribution is 2.22. The van der Waals surface area contributed by atoms with E-state index in [9.17, 15) is 14.0 Å². The first-order valence-corrected chi connectivity index (χ1v) is 10.4. The fourth-order valence-electron chi connectivity index (χ4n) is 3.17. The van der Waals surface area contributed by atoms with Crippen LogP contribution in [0.3, 0.4) is 0 Å². The van der Waals surface area contributed by atoms with Crippen molar-refractivity contribution in [1.29, 1.82) is 0 Å². The molecule has 0 atom stereocenters. The number of hydrogen-bond donors (Lipinski definition) is 2. The molecule has 2 amide bonds. The summed E-state index contributed by atoms with van der Waals surface area (Å²) in [5.41, 5.74) is 2.21. The van der Waals surface area contributed by atoms with E-state index in [1.165, 1.54) is 12.1 Å². The third-order valence-corrected chi connectivity index (χ3v) is 4.85. The molecule has 7 nitrogen and oxygen atoms in total. The fourth-order valence-corrected chi connectivity index (χ4v) is 3.17. The van der Waals surface area contributed by atoms with Crippen molar-refractivity contribution in [3.8, 4) is 11.4 Å². The number of hydrogen-bond acceptors (Lipinski definition) is 5. The molecule has 0 unspecified atom stereocenters. The number of carbonyl (C=O) groups excluding carboxylic acids is 2. The predicted octanol–water partition coefficient (Wildman–Crippen LogP) is 5.09. The van der Waals surface area contributed by atoms with Gasteiger partial charge >= 0.3 is 0 Å². The highest BCUT2D eigenvalue weighted by Gasteiger charge is 2.12. The first-order valence-electron chi connectivity index (χ1n) is 10.4. The Bertz CT molecular complexity index is 1240. The van der Waals surface area contributed by atoms with Crippen molar-refractivity contribution < 1.29 is 18.5 Å². The highest BCUT2D eigenvalue weighted by atomic mass is 19.1. The van der Waals surface area contributed by atoms with Crippen molar-refractivity contribution in [2.24, 2.45) is 0 Å². The number of aryl methyl sites for hydroxylation is 1. The van der Waals surface area contributed by atoms with Crippen molar-refractivity contribution in [2.45, 2.75) is 19.3 Å². The number of nitrogens with zero attached hydrogens (tertiary/aromatic N) is 2. The first-order chi connectivity index (χ1) is 16.1. The summed E-state index contributed by atoms with van der Waals surface area (Å²) in [6.07, 6.45) is 1.15. The van der Waals surface area contributed by atoms with Gasteiger partial charge in [-0.25, -0.2) is 4.39 Å². The average molecular weight is 444 g/mol. The normalized spacial score (nSPS) is 10.6. The lowest BCUT2D eigenvalue weighted by atomic mass is 10.2. The monoisotopic (exact) mass is 444 g/mol. The van der Waals surface area contributed by atoms with E-state index in [-0.39, 0.29) is 24.1 Å². The Morgan fingerprint density at radius 3 is 2.24 bits per heavy atom. The molecule has 0 radical (unpaired) electrons. The lowest BCUT2D eigenvalue weighted by Crippen LogP contribution is -2.16. The number of amides is 2. The smallest absolute Gasteiger partial charge is 0.255 e. The number of benzene rings is 3. The van der Waals surface area contributed by atoms with Crippen molar-refractivity contribution in [2.75, 3.05) is 10.6 Å². The van der Waals surface area contributed by atoms with Crippen LogP contribution in [0.25, 0.3) is 11.4 Å². The zero-order valence-corrected chi connectivity index (χ0v) is 17.6. The first kappa shape index (κ1) is 21.9. The van der Waals surface area contributed by atoms with Crippen LogP contribution in [-0.4, -0.2) is 22.0 Å². The van der Waals surface area contributed by atoms with Crippen LogP contribution in [0.5, 0.6) is 0 Å². The Labute approximate surface area is 189 Å². The van der Waals surface area contributed by atoms with Gasteiger partial charge in [-0.05, 0) is 55.0 Å². The van der Waals surface area contributed by atoms with Crippen LogP contribution in [0.2, 0.25) is 0 Å². The van der Waals surface area contributed by atoms with Gasteiger partial charge in [0, 0.05) is 24.0 Å². The van der Waals surface area contributed by atoms with Crippen LogP contribution in [0.1, 0.15) is 29.1 Å². The van der Waals surface area contributed by atoms with E-state index in [1.54, 1.807) is 60.7 Å². The molecule has 2 N–H and O–H groups in total. The van der Waals surface area contributed by atoms with Gasteiger partial charge in [0.15, 0.2) is 0 Å². The summed E-state index contributed by atoms with van der Waals surface area (Å²) >= 11 is 0. The van der Waals surface area contributed by atoms with E-state index in [0.717, 1.165) is 0 Å². The van der Waals surface area contributed by atoms with Crippen molar-refractivity contribution in [3.63, 3.8) is 0 Å². The van der Waals surface area contributed by atoms with Crippen LogP contribution in [0.15, 0.2) is 83.4 Å². The number of halogens is 1. The van der Waals surface area contributed by atoms with E-state index in [0.29, 0.717) is 47.1 Å². The van der Waals surface area contributed by atoms with Crippen LogP contribution < -0.4 is 10.6 Å². The second-order valence-corrected chi connectivity index (χ2v) is 7.29. The molecule has 8 heteroatoms. The van der Waals surface area contributed by atoms with Crippen molar-refractivity contribution >= 4 is 23.2 Å². The molecule has 0 aliphatic rings. The third-order valence-electron chi connectivity index (χ3n) is 4.85. The minimum absolute atomic E-state index is 0.199. The Morgan fingerprint density at radius 1 is 0.848 bits per heavy atom. The van der Waals surface area contributed by atoms with Gasteiger partial charge in [0.1, 0.15) is 5.82 Å². The standard InChI is InChI=1S/C25H21FN4O3/c26-19-15-13-17(14-16-19)24-29-23(33-30-24)12-6-11-22(31)27-20-9-4-5-10-21(20)28-25(32)18-7-2-1-3-8-18/h1-5,7-10,13-16H,6,11-12H2,(H,27,31)(H,28,32). The summed E-state index contributed by atoms with van der Waals surface area (Å²) in [5.74, 6) is -0.0230. The molecule has 0 fully saturated rings. The van der Waals surface area contributed by atoms with Gasteiger partial charge < -0.3 is 15.2 Å². The molecule has 0 saturated carbocycles. The molecule has 0 saturated heterocycles. The number of para-hydroxylation sites is 2. The molecule has 0 spiro atoms. The van der Waals surface area contributed by atoms with Crippen LogP contribution in [0, 0.1) is 5.82 Å². The molecule has 0 aliphatic heterocycles. The summed E-state index contributed by atoms with van der Waals surface area (Å²) in [7, 11) is 0. The molecular weight excluding hydrogens is 423 g/mol. The SMILES string of the molecule is O=C(CCCc1nc(-c2ccc(F)cc2)no1)Nc1ccccc1NC(=O)c1ccccc1. The number of aromatic nitrogens is 2. The van der Waals surface area contributed by atoms with Crippen molar-refractivity contribution in [3.05, 3.63) is 96.1 Å². The van der Waals surface area contributed by atoms with Crippen LogP contribution in [0.4, 0.5) is 15.8 Å². The quantitative estimate of drug-likeness (QED) is 0.395. The van der Waals surface area contributed by atoms with Gasteiger partial charge in [0.2, 0.25) is 17.6 Å². The molecule has 1 heterocycles. The number of carbonyl (C=O) groups is 2. The second kappa shape index (κ2) is 10.3. The largest absolute Gasteiger partial charge is 0.339 e. The molecule has 0 bridgehead atoms. The second-order valence-electron chi connectivity index (χ2n) is 7.29. The van der Waals surface area contributed by atoms with Gasteiger partial charge in [-0.3, -0.25) is 9.59 Å². The Balaban J connectivity index is 1.30. The number of rotatable bonds is 8. The minimum Gasteiger partial charge on any atom is -0.339 e. The lowest BCUT2D eigenvalue weighted by Gasteiger charge is -2.12. The molecule has 33 heavy (non-hydrogen) atoms. The lowest BCUT2D eigenvalue weighted by molar-refractivity contribution is -0.116. The topological polar surface area (TPSA) is 97.1 Å². The minimum atomic E-state index is -0.338. The number of nitrogens with one attached hydrogen (secondary N) is 2. The van der Waals surface area contributed by atoms with E-state index in [4.69, 9.17) is 4.52 Å². The van der Waals surface area contributed by atoms with Gasteiger partial charge in [-0.1, -0.05) is 35.5 Å². The highest BCUT2D eigenvalue weighted by molar-refractivity contribution is 6.07. The maximum atomic E-state index is 13.0. The molecule has 4 rings (SSSR count). The number of anilines is 2. The van der Waals surface area contributed by atoms with E-state index in [1.807, 2.05) is 6.07 Å². The third kappa shape index (κ3) is 5.88. The molecule has 166 valence electrons. The van der Waals surface area contributed by atoms with E-state index >= 15 is 0 Å². The fraction of sp³-hybridized carbons (Fsp3) is 0.120. The zero-order chi connectivity index (χ0) is 23.0. The van der Waals surface area contributed by atoms with Crippen LogP contribution >= 0.6 is 0 Å². The molecule has 0 aliphatic carbocycles. The summed E-state index contributed by atoms with van der Waals surface area (Å²) in [4.78, 5) is 29.2. The maximum Gasteiger partial charge on any atom is 0.255 e. The summed E-state index contributed by atoms with van der Waals surface area (Å²) in [6, 6.07) is 21.7. The molecule has 3 aromatic carbocycles. The molecule has 4 aromatic rings. The molecular formula is C25H21FN4O3. The van der Waals surface area contributed by atoms with Crippen LogP contribution in [-0.2, 0) is 11.2 Å². The maximum absolute atomic E-state index is 13.0.